The molecule has 0 aliphatic carbocycles. The fourth-order valence-corrected chi connectivity index (χ4v) is 2.39. The first-order chi connectivity index (χ1) is 7.20. The Labute approximate surface area is 89.0 Å². The van der Waals surface area contributed by atoms with Gasteiger partial charge in [0.05, 0.1) is 0 Å². The van der Waals surface area contributed by atoms with Gasteiger partial charge in [0.15, 0.2) is 0 Å². The summed E-state index contributed by atoms with van der Waals surface area (Å²) in [5, 5.41) is 2.97. The minimum Gasteiger partial charge on any atom is -0.353 e. The Morgan fingerprint density at radius 2 is 2.33 bits per heavy atom. The van der Waals surface area contributed by atoms with Crippen LogP contribution in [0.25, 0.3) is 0 Å². The van der Waals surface area contributed by atoms with Crippen molar-refractivity contribution in [3.8, 4) is 12.3 Å². The van der Waals surface area contributed by atoms with Crippen LogP contribution < -0.4 is 5.32 Å². The second-order valence-electron chi connectivity index (χ2n) is 4.16. The van der Waals surface area contributed by atoms with Crippen LogP contribution in [0.4, 0.5) is 0 Å². The molecule has 15 heavy (non-hydrogen) atoms. The lowest BCUT2D eigenvalue weighted by Crippen LogP contribution is -2.54. The van der Waals surface area contributed by atoms with E-state index >= 15 is 0 Å². The van der Waals surface area contributed by atoms with Crippen LogP contribution in [0.3, 0.4) is 0 Å². The second-order valence-corrected chi connectivity index (χ2v) is 4.16. The molecular weight excluding hydrogens is 192 g/mol. The predicted molar refractivity (Wildman–Crippen MR) is 54.7 cm³/mol. The van der Waals surface area contributed by atoms with Crippen LogP contribution in [0.5, 0.6) is 0 Å². The van der Waals surface area contributed by atoms with E-state index in [9.17, 15) is 9.59 Å². The summed E-state index contributed by atoms with van der Waals surface area (Å²) < 4.78 is 0. The van der Waals surface area contributed by atoms with Crippen molar-refractivity contribution in [1.29, 1.82) is 0 Å². The van der Waals surface area contributed by atoms with E-state index in [0.717, 1.165) is 12.8 Å². The highest BCUT2D eigenvalue weighted by Crippen LogP contribution is 2.25. The van der Waals surface area contributed by atoms with Gasteiger partial charge in [0.2, 0.25) is 5.91 Å². The zero-order chi connectivity index (χ0) is 10.8. The Kier molecular flexibility index (Phi) is 2.63. The summed E-state index contributed by atoms with van der Waals surface area (Å²) in [5.41, 5.74) is 0. The third-order valence-electron chi connectivity index (χ3n) is 3.23. The van der Waals surface area contributed by atoms with Gasteiger partial charge in [0.1, 0.15) is 0 Å². The first kappa shape index (κ1) is 10.0. The average Bonchev–Trinajstić information content (AvgIpc) is 2.27. The zero-order valence-corrected chi connectivity index (χ0v) is 8.53. The molecule has 1 N–H and O–H groups in total. The highest BCUT2D eigenvalue weighted by molar-refractivity contribution is 5.93. The van der Waals surface area contributed by atoms with Gasteiger partial charge in [-0.05, 0) is 24.7 Å². The van der Waals surface area contributed by atoms with Gasteiger partial charge in [0, 0.05) is 25.6 Å². The molecule has 2 amide bonds. The number of hydrogen-bond donors (Lipinski definition) is 1. The van der Waals surface area contributed by atoms with Gasteiger partial charge in [0.25, 0.3) is 5.91 Å². The van der Waals surface area contributed by atoms with E-state index in [0.29, 0.717) is 25.4 Å². The Morgan fingerprint density at radius 3 is 3.07 bits per heavy atom. The van der Waals surface area contributed by atoms with Crippen molar-refractivity contribution < 1.29 is 9.59 Å². The molecule has 2 aliphatic rings. The molecule has 4 nitrogen and oxygen atoms in total. The Bertz CT molecular complexity index is 332. The summed E-state index contributed by atoms with van der Waals surface area (Å²) in [7, 11) is 0. The SMILES string of the molecule is C#CC(=O)N1CCC2NC(=O)CCC2C1. The van der Waals surface area contributed by atoms with Crippen LogP contribution in [0.1, 0.15) is 19.3 Å². The third kappa shape index (κ3) is 1.96. The topological polar surface area (TPSA) is 49.4 Å². The molecule has 4 heteroatoms. The molecule has 0 bridgehead atoms. The number of hydrogen-bond acceptors (Lipinski definition) is 2. The molecule has 0 aromatic rings. The fraction of sp³-hybridized carbons (Fsp3) is 0.636. The maximum absolute atomic E-state index is 11.3. The van der Waals surface area contributed by atoms with E-state index in [1.165, 1.54) is 0 Å². The van der Waals surface area contributed by atoms with Crippen molar-refractivity contribution in [1.82, 2.24) is 10.2 Å². The van der Waals surface area contributed by atoms with E-state index in [-0.39, 0.29) is 17.9 Å². The van der Waals surface area contributed by atoms with E-state index in [2.05, 4.69) is 11.2 Å². The van der Waals surface area contributed by atoms with E-state index in [1.807, 2.05) is 0 Å². The van der Waals surface area contributed by atoms with Gasteiger partial charge in [-0.15, -0.1) is 6.42 Å². The summed E-state index contributed by atoms with van der Waals surface area (Å²) in [6.45, 7) is 1.35. The lowest BCUT2D eigenvalue weighted by Gasteiger charge is -2.40. The smallest absolute Gasteiger partial charge is 0.298 e. The summed E-state index contributed by atoms with van der Waals surface area (Å²) in [5.74, 6) is 2.42. The van der Waals surface area contributed by atoms with Gasteiger partial charge in [-0.3, -0.25) is 9.59 Å². The van der Waals surface area contributed by atoms with Crippen molar-refractivity contribution in [2.24, 2.45) is 5.92 Å². The van der Waals surface area contributed by atoms with Crippen LogP contribution >= 0.6 is 0 Å². The molecule has 0 aromatic carbocycles. The molecule has 0 spiro atoms. The quantitative estimate of drug-likeness (QED) is 0.555. The zero-order valence-electron chi connectivity index (χ0n) is 8.53. The number of rotatable bonds is 0. The van der Waals surface area contributed by atoms with Crippen LogP contribution in [-0.2, 0) is 9.59 Å². The second kappa shape index (κ2) is 3.93. The van der Waals surface area contributed by atoms with Gasteiger partial charge in [-0.2, -0.15) is 0 Å². The molecule has 80 valence electrons. The molecule has 0 saturated carbocycles. The first-order valence-electron chi connectivity index (χ1n) is 5.25. The van der Waals surface area contributed by atoms with E-state index < -0.39 is 0 Å². The van der Waals surface area contributed by atoms with Crippen molar-refractivity contribution in [3.05, 3.63) is 0 Å². The Hall–Kier alpha value is -1.50. The van der Waals surface area contributed by atoms with Gasteiger partial charge >= 0.3 is 0 Å². The third-order valence-corrected chi connectivity index (χ3v) is 3.23. The number of likely N-dealkylation sites (tertiary alicyclic amines) is 1. The minimum atomic E-state index is -0.231. The highest BCUT2D eigenvalue weighted by atomic mass is 16.2. The number of piperidine rings is 2. The monoisotopic (exact) mass is 206 g/mol. The average molecular weight is 206 g/mol. The molecule has 2 rings (SSSR count). The number of carbonyl (C=O) groups is 2. The number of carbonyl (C=O) groups excluding carboxylic acids is 2. The fourth-order valence-electron chi connectivity index (χ4n) is 2.39. The standard InChI is InChI=1S/C11H14N2O2/c1-2-11(15)13-6-5-9-8(7-13)3-4-10(14)12-9/h1,8-9H,3-7H2,(H,12,14). The lowest BCUT2D eigenvalue weighted by molar-refractivity contribution is -0.129. The molecule has 2 fully saturated rings. The highest BCUT2D eigenvalue weighted by Gasteiger charge is 2.34. The first-order valence-corrected chi connectivity index (χ1v) is 5.25. The summed E-state index contributed by atoms with van der Waals surface area (Å²) in [6.07, 6.45) is 7.34. The molecule has 2 unspecified atom stereocenters. The molecular formula is C11H14N2O2. The normalized spacial score (nSPS) is 30.1. The van der Waals surface area contributed by atoms with Crippen LogP contribution in [0.2, 0.25) is 0 Å². The number of terminal acetylenes is 1. The number of fused-ring (bicyclic) bond motifs is 1. The van der Waals surface area contributed by atoms with E-state index in [1.54, 1.807) is 4.90 Å². The van der Waals surface area contributed by atoms with Crippen molar-refractivity contribution in [2.45, 2.75) is 25.3 Å². The predicted octanol–water partition coefficient (Wildman–Crippen LogP) is -0.253. The maximum atomic E-state index is 11.3. The summed E-state index contributed by atoms with van der Waals surface area (Å²) >= 11 is 0. The Balaban J connectivity index is 1.98. The van der Waals surface area contributed by atoms with E-state index in [4.69, 9.17) is 6.42 Å². The number of nitrogens with one attached hydrogen (secondary N) is 1. The maximum Gasteiger partial charge on any atom is 0.298 e. The number of nitrogens with zero attached hydrogens (tertiary/aromatic N) is 1. The Morgan fingerprint density at radius 1 is 1.53 bits per heavy atom. The van der Waals surface area contributed by atoms with Crippen LogP contribution in [0.15, 0.2) is 0 Å². The minimum absolute atomic E-state index is 0.132. The summed E-state index contributed by atoms with van der Waals surface area (Å²) in [6, 6.07) is 0.244. The molecule has 2 heterocycles. The summed E-state index contributed by atoms with van der Waals surface area (Å²) in [4.78, 5) is 24.2. The van der Waals surface area contributed by atoms with Crippen LogP contribution in [0, 0.1) is 18.3 Å². The van der Waals surface area contributed by atoms with Crippen molar-refractivity contribution in [2.75, 3.05) is 13.1 Å². The molecule has 2 aliphatic heterocycles. The van der Waals surface area contributed by atoms with Gasteiger partial charge in [-0.25, -0.2) is 0 Å². The van der Waals surface area contributed by atoms with Gasteiger partial charge < -0.3 is 10.2 Å². The number of amides is 2. The molecule has 0 aromatic heterocycles. The van der Waals surface area contributed by atoms with Crippen LogP contribution in [-0.4, -0.2) is 35.8 Å². The largest absolute Gasteiger partial charge is 0.353 e. The molecule has 2 atom stereocenters. The van der Waals surface area contributed by atoms with Crippen molar-refractivity contribution in [3.63, 3.8) is 0 Å². The molecule has 2 saturated heterocycles. The van der Waals surface area contributed by atoms with Crippen molar-refractivity contribution >= 4 is 11.8 Å². The molecule has 0 radical (unpaired) electrons. The van der Waals surface area contributed by atoms with Gasteiger partial charge in [-0.1, -0.05) is 0 Å². The lowest BCUT2D eigenvalue weighted by atomic mass is 9.85.